The fraction of sp³-hybridized carbons (Fsp3) is 0.533. The molecule has 1 amide bonds. The van der Waals surface area contributed by atoms with Gasteiger partial charge in [-0.15, -0.1) is 0 Å². The van der Waals surface area contributed by atoms with Gasteiger partial charge in [0.1, 0.15) is 5.75 Å². The molecule has 114 valence electrons. The Morgan fingerprint density at radius 3 is 2.48 bits per heavy atom. The zero-order valence-electron chi connectivity index (χ0n) is 11.8. The van der Waals surface area contributed by atoms with Crippen molar-refractivity contribution in [3.8, 4) is 5.75 Å². The average Bonchev–Trinajstić information content (AvgIpc) is 2.47. The topological polar surface area (TPSA) is 67.6 Å². The quantitative estimate of drug-likeness (QED) is 0.874. The number of nitrogens with zero attached hydrogens (tertiary/aromatic N) is 1. The molecule has 1 aromatic carbocycles. The third kappa shape index (κ3) is 3.00. The van der Waals surface area contributed by atoms with Crippen LogP contribution in [0.2, 0.25) is 5.02 Å². The molecule has 2 heterocycles. The van der Waals surface area contributed by atoms with Crippen molar-refractivity contribution < 1.29 is 9.53 Å². The summed E-state index contributed by atoms with van der Waals surface area (Å²) in [5, 5.41) is 3.93. The van der Waals surface area contributed by atoms with Gasteiger partial charge in [-0.25, -0.2) is 0 Å². The van der Waals surface area contributed by atoms with Gasteiger partial charge in [0.15, 0.2) is 5.60 Å². The van der Waals surface area contributed by atoms with Crippen LogP contribution in [0.4, 0.5) is 0 Å². The van der Waals surface area contributed by atoms with Crippen molar-refractivity contribution in [1.82, 2.24) is 10.2 Å². The third-order valence-corrected chi connectivity index (χ3v) is 4.38. The van der Waals surface area contributed by atoms with E-state index in [1.54, 1.807) is 29.2 Å². The molecule has 2 aliphatic heterocycles. The number of hydrogen-bond donors (Lipinski definition) is 2. The molecule has 2 aliphatic rings. The van der Waals surface area contributed by atoms with Gasteiger partial charge in [0.25, 0.3) is 5.91 Å². The Hall–Kier alpha value is -1.30. The van der Waals surface area contributed by atoms with Crippen molar-refractivity contribution in [3.05, 3.63) is 29.3 Å². The van der Waals surface area contributed by atoms with Crippen LogP contribution in [-0.4, -0.2) is 48.6 Å². The van der Waals surface area contributed by atoms with Gasteiger partial charge in [0.05, 0.1) is 0 Å². The number of amides is 1. The molecule has 0 unspecified atom stereocenters. The zero-order valence-corrected chi connectivity index (χ0v) is 12.6. The second kappa shape index (κ2) is 5.83. The first kappa shape index (κ1) is 14.6. The second-order valence-corrected chi connectivity index (χ2v) is 6.21. The Morgan fingerprint density at radius 1 is 1.29 bits per heavy atom. The van der Waals surface area contributed by atoms with Crippen LogP contribution in [-0.2, 0) is 4.79 Å². The van der Waals surface area contributed by atoms with Crippen LogP contribution >= 0.6 is 11.6 Å². The van der Waals surface area contributed by atoms with Gasteiger partial charge in [0.2, 0.25) is 0 Å². The summed E-state index contributed by atoms with van der Waals surface area (Å²) in [6.45, 7) is 2.80. The van der Waals surface area contributed by atoms with Crippen LogP contribution in [0.3, 0.4) is 0 Å². The molecule has 3 rings (SSSR count). The van der Waals surface area contributed by atoms with Gasteiger partial charge >= 0.3 is 0 Å². The highest BCUT2D eigenvalue weighted by Crippen LogP contribution is 2.30. The van der Waals surface area contributed by atoms with Crippen LogP contribution in [0.5, 0.6) is 5.75 Å². The van der Waals surface area contributed by atoms with Crippen molar-refractivity contribution in [1.29, 1.82) is 0 Å². The van der Waals surface area contributed by atoms with Crippen LogP contribution in [0, 0.1) is 0 Å². The Labute approximate surface area is 129 Å². The molecule has 0 aromatic heterocycles. The summed E-state index contributed by atoms with van der Waals surface area (Å²) in [6.07, 6.45) is 1.33. The molecule has 1 aromatic rings. The molecule has 2 saturated heterocycles. The lowest BCUT2D eigenvalue weighted by Gasteiger charge is -2.45. The number of hydrogen-bond acceptors (Lipinski definition) is 4. The molecular formula is C15H20ClN3O2. The second-order valence-electron chi connectivity index (χ2n) is 5.77. The van der Waals surface area contributed by atoms with E-state index in [9.17, 15) is 4.79 Å². The number of benzene rings is 1. The zero-order chi connectivity index (χ0) is 14.9. The van der Waals surface area contributed by atoms with Crippen LogP contribution in [0.15, 0.2) is 24.3 Å². The molecule has 6 heteroatoms. The summed E-state index contributed by atoms with van der Waals surface area (Å²) < 4.78 is 6.12. The largest absolute Gasteiger partial charge is 0.477 e. The summed E-state index contributed by atoms with van der Waals surface area (Å²) >= 11 is 5.90. The summed E-state index contributed by atoms with van der Waals surface area (Å²) in [5.74, 6) is 0.736. The van der Waals surface area contributed by atoms with E-state index < -0.39 is 5.60 Å². The minimum Gasteiger partial charge on any atom is -0.477 e. The van der Waals surface area contributed by atoms with Gasteiger partial charge in [-0.2, -0.15) is 0 Å². The summed E-state index contributed by atoms with van der Waals surface area (Å²) in [6, 6.07) is 7.26. The van der Waals surface area contributed by atoms with E-state index in [0.717, 1.165) is 13.1 Å². The highest BCUT2D eigenvalue weighted by atomic mass is 35.5. The highest BCUT2D eigenvalue weighted by Gasteiger charge is 2.47. The van der Waals surface area contributed by atoms with Gasteiger partial charge in [-0.05, 0) is 37.4 Å². The van der Waals surface area contributed by atoms with Crippen molar-refractivity contribution in [2.75, 3.05) is 26.2 Å². The molecule has 0 spiro atoms. The molecule has 0 atom stereocenters. The van der Waals surface area contributed by atoms with E-state index in [1.165, 1.54) is 0 Å². The van der Waals surface area contributed by atoms with E-state index in [1.807, 2.05) is 0 Å². The highest BCUT2D eigenvalue weighted by molar-refractivity contribution is 6.30. The predicted molar refractivity (Wildman–Crippen MR) is 81.5 cm³/mol. The van der Waals surface area contributed by atoms with E-state index in [0.29, 0.717) is 36.7 Å². The molecule has 0 aliphatic carbocycles. The van der Waals surface area contributed by atoms with Crippen molar-refractivity contribution in [2.45, 2.75) is 24.5 Å². The number of halogens is 1. The summed E-state index contributed by atoms with van der Waals surface area (Å²) in [4.78, 5) is 14.6. The number of carbonyl (C=O) groups excluding carboxylic acids is 1. The molecule has 21 heavy (non-hydrogen) atoms. The van der Waals surface area contributed by atoms with Gasteiger partial charge in [-0.1, -0.05) is 11.6 Å². The summed E-state index contributed by atoms with van der Waals surface area (Å²) in [7, 11) is 0. The number of carbonyl (C=O) groups is 1. The fourth-order valence-electron chi connectivity index (χ4n) is 2.89. The minimum atomic E-state index is -0.779. The van der Waals surface area contributed by atoms with Gasteiger partial charge in [-0.3, -0.25) is 4.79 Å². The number of rotatable bonds is 3. The molecule has 0 bridgehead atoms. The van der Waals surface area contributed by atoms with Crippen LogP contribution < -0.4 is 15.8 Å². The number of likely N-dealkylation sites (tertiary alicyclic amines) is 1. The maximum absolute atomic E-state index is 12.8. The predicted octanol–water partition coefficient (Wildman–Crippen LogP) is 1.01. The fourth-order valence-corrected chi connectivity index (χ4v) is 3.01. The Morgan fingerprint density at radius 2 is 1.90 bits per heavy atom. The minimum absolute atomic E-state index is 0.0562. The first-order valence-corrected chi connectivity index (χ1v) is 7.67. The number of ether oxygens (including phenoxy) is 1. The van der Waals surface area contributed by atoms with Crippen molar-refractivity contribution in [3.63, 3.8) is 0 Å². The van der Waals surface area contributed by atoms with E-state index in [4.69, 9.17) is 22.1 Å². The van der Waals surface area contributed by atoms with E-state index in [2.05, 4.69) is 5.32 Å². The molecule has 3 N–H and O–H groups in total. The van der Waals surface area contributed by atoms with E-state index in [-0.39, 0.29) is 11.9 Å². The third-order valence-electron chi connectivity index (χ3n) is 4.12. The lowest BCUT2D eigenvalue weighted by atomic mass is 9.88. The van der Waals surface area contributed by atoms with Crippen molar-refractivity contribution in [2.24, 2.45) is 5.73 Å². The Kier molecular flexibility index (Phi) is 4.06. The number of piperidine rings is 1. The van der Waals surface area contributed by atoms with Crippen LogP contribution in [0.1, 0.15) is 12.8 Å². The first-order valence-electron chi connectivity index (χ1n) is 7.29. The summed E-state index contributed by atoms with van der Waals surface area (Å²) in [5.41, 5.74) is 5.01. The van der Waals surface area contributed by atoms with Gasteiger partial charge in [0, 0.05) is 37.0 Å². The van der Waals surface area contributed by atoms with Crippen molar-refractivity contribution >= 4 is 17.5 Å². The molecule has 0 saturated carbocycles. The number of nitrogens with two attached hydrogens (primary N) is 1. The Bertz CT molecular complexity index is 508. The molecular weight excluding hydrogens is 290 g/mol. The SMILES string of the molecule is NC1CN(C(=O)C2(Oc3ccc(Cl)cc3)CCNCC2)C1. The maximum Gasteiger partial charge on any atom is 0.266 e. The standard InChI is InChI=1S/C15H20ClN3O2/c16-11-1-3-13(4-2-11)21-15(5-7-18-8-6-15)14(20)19-9-12(17)10-19/h1-4,12,18H,5-10,17H2. The number of nitrogens with one attached hydrogen (secondary N) is 1. The van der Waals surface area contributed by atoms with Crippen LogP contribution in [0.25, 0.3) is 0 Å². The first-order chi connectivity index (χ1) is 10.1. The molecule has 0 radical (unpaired) electrons. The maximum atomic E-state index is 12.8. The molecule has 2 fully saturated rings. The van der Waals surface area contributed by atoms with E-state index >= 15 is 0 Å². The molecule has 5 nitrogen and oxygen atoms in total. The normalized spacial score (nSPS) is 21.7. The average molecular weight is 310 g/mol. The lowest BCUT2D eigenvalue weighted by molar-refractivity contribution is -0.155. The monoisotopic (exact) mass is 309 g/mol. The Balaban J connectivity index is 1.79. The van der Waals surface area contributed by atoms with Gasteiger partial charge < -0.3 is 20.7 Å². The lowest BCUT2D eigenvalue weighted by Crippen LogP contribution is -2.66. The smallest absolute Gasteiger partial charge is 0.266 e.